The zero-order valence-corrected chi connectivity index (χ0v) is 8.31. The second kappa shape index (κ2) is 3.58. The third kappa shape index (κ3) is 1.59. The maximum absolute atomic E-state index is 5.65. The number of imidazole rings is 1. The molecule has 3 heterocycles. The molecule has 1 aliphatic rings. The predicted octanol–water partition coefficient (Wildman–Crippen LogP) is 1.59. The van der Waals surface area contributed by atoms with E-state index < -0.39 is 0 Å². The van der Waals surface area contributed by atoms with Gasteiger partial charge in [0.15, 0.2) is 5.65 Å². The number of nitrogens with one attached hydrogen (secondary N) is 1. The Balaban J connectivity index is 1.96. The Morgan fingerprint density at radius 3 is 3.20 bits per heavy atom. The first kappa shape index (κ1) is 8.79. The molecule has 5 nitrogen and oxygen atoms in total. The van der Waals surface area contributed by atoms with E-state index in [2.05, 4.69) is 19.9 Å². The summed E-state index contributed by atoms with van der Waals surface area (Å²) in [7, 11) is 0. The Bertz CT molecular complexity index is 428. The van der Waals surface area contributed by atoms with Crippen molar-refractivity contribution >= 4 is 11.2 Å². The fourth-order valence-corrected chi connectivity index (χ4v) is 1.89. The minimum absolute atomic E-state index is 0.105. The topological polar surface area (TPSA) is 63.7 Å². The predicted molar refractivity (Wildman–Crippen MR) is 54.2 cm³/mol. The van der Waals surface area contributed by atoms with Gasteiger partial charge in [0.25, 0.3) is 0 Å². The van der Waals surface area contributed by atoms with Crippen molar-refractivity contribution in [2.24, 2.45) is 0 Å². The van der Waals surface area contributed by atoms with Crippen LogP contribution in [0.1, 0.15) is 31.2 Å². The van der Waals surface area contributed by atoms with Crippen LogP contribution in [0.4, 0.5) is 0 Å². The second-order valence-electron chi connectivity index (χ2n) is 3.73. The second-order valence-corrected chi connectivity index (χ2v) is 3.73. The summed E-state index contributed by atoms with van der Waals surface area (Å²) in [5.41, 5.74) is 1.59. The van der Waals surface area contributed by atoms with Crippen LogP contribution in [0.15, 0.2) is 12.5 Å². The van der Waals surface area contributed by atoms with E-state index in [1.807, 2.05) is 0 Å². The summed E-state index contributed by atoms with van der Waals surface area (Å²) in [5.74, 6) is 0.880. The molecule has 78 valence electrons. The van der Waals surface area contributed by atoms with Crippen LogP contribution in [0.25, 0.3) is 11.2 Å². The van der Waals surface area contributed by atoms with E-state index in [0.29, 0.717) is 0 Å². The summed E-state index contributed by atoms with van der Waals surface area (Å²) in [6.07, 6.45) is 6.72. The number of nitrogens with zero attached hydrogens (tertiary/aromatic N) is 3. The van der Waals surface area contributed by atoms with Crippen LogP contribution >= 0.6 is 0 Å². The van der Waals surface area contributed by atoms with E-state index in [1.165, 1.54) is 12.7 Å². The minimum atomic E-state index is 0.105. The average Bonchev–Trinajstić information content (AvgIpc) is 2.74. The molecule has 0 bridgehead atoms. The smallest absolute Gasteiger partial charge is 0.160 e. The van der Waals surface area contributed by atoms with Crippen molar-refractivity contribution in [1.29, 1.82) is 0 Å². The molecule has 1 aliphatic heterocycles. The van der Waals surface area contributed by atoms with Crippen molar-refractivity contribution in [3.8, 4) is 0 Å². The van der Waals surface area contributed by atoms with Crippen LogP contribution in [-0.4, -0.2) is 26.5 Å². The van der Waals surface area contributed by atoms with Crippen molar-refractivity contribution < 1.29 is 4.74 Å². The van der Waals surface area contributed by atoms with Gasteiger partial charge in [0.05, 0.1) is 6.20 Å². The number of hydrogen-bond donors (Lipinski definition) is 1. The molecule has 3 rings (SSSR count). The number of aromatic amines is 1. The van der Waals surface area contributed by atoms with E-state index in [4.69, 9.17) is 4.74 Å². The summed E-state index contributed by atoms with van der Waals surface area (Å²) >= 11 is 0. The van der Waals surface area contributed by atoms with E-state index in [1.54, 1.807) is 6.20 Å². The Hall–Kier alpha value is -1.49. The molecule has 0 radical (unpaired) electrons. The molecule has 1 saturated heterocycles. The van der Waals surface area contributed by atoms with Crippen molar-refractivity contribution in [3.05, 3.63) is 18.3 Å². The van der Waals surface area contributed by atoms with Gasteiger partial charge >= 0.3 is 0 Å². The molecule has 5 heteroatoms. The van der Waals surface area contributed by atoms with Crippen molar-refractivity contribution in [2.45, 2.75) is 25.4 Å². The van der Waals surface area contributed by atoms with Gasteiger partial charge in [0, 0.05) is 6.61 Å². The highest BCUT2D eigenvalue weighted by atomic mass is 16.5. The highest BCUT2D eigenvalue weighted by Crippen LogP contribution is 2.26. The average molecular weight is 204 g/mol. The third-order valence-electron chi connectivity index (χ3n) is 2.66. The van der Waals surface area contributed by atoms with Crippen molar-refractivity contribution in [1.82, 2.24) is 19.9 Å². The largest absolute Gasteiger partial charge is 0.370 e. The van der Waals surface area contributed by atoms with Gasteiger partial charge in [-0.1, -0.05) is 0 Å². The maximum Gasteiger partial charge on any atom is 0.160 e. The molecule has 0 spiro atoms. The molecule has 1 fully saturated rings. The fourth-order valence-electron chi connectivity index (χ4n) is 1.89. The van der Waals surface area contributed by atoms with Crippen LogP contribution in [0.2, 0.25) is 0 Å². The Morgan fingerprint density at radius 2 is 2.40 bits per heavy atom. The number of H-pyrrole nitrogens is 1. The van der Waals surface area contributed by atoms with Gasteiger partial charge in [-0.25, -0.2) is 15.0 Å². The van der Waals surface area contributed by atoms with E-state index >= 15 is 0 Å². The molecule has 0 aliphatic carbocycles. The molecule has 0 saturated carbocycles. The summed E-state index contributed by atoms with van der Waals surface area (Å²) in [4.78, 5) is 15.7. The number of rotatable bonds is 1. The first-order valence-electron chi connectivity index (χ1n) is 5.21. The van der Waals surface area contributed by atoms with Crippen LogP contribution < -0.4 is 0 Å². The summed E-state index contributed by atoms with van der Waals surface area (Å²) in [6.45, 7) is 0.827. The molecular formula is C10H12N4O. The van der Waals surface area contributed by atoms with E-state index in [-0.39, 0.29) is 6.10 Å². The summed E-state index contributed by atoms with van der Waals surface area (Å²) < 4.78 is 5.65. The fraction of sp³-hybridized carbons (Fsp3) is 0.500. The lowest BCUT2D eigenvalue weighted by Crippen LogP contribution is -2.12. The summed E-state index contributed by atoms with van der Waals surface area (Å²) in [6, 6.07) is 0. The lowest BCUT2D eigenvalue weighted by molar-refractivity contribution is 0.0101. The molecule has 1 unspecified atom stereocenters. The molecule has 0 amide bonds. The molecule has 1 atom stereocenters. The Kier molecular flexibility index (Phi) is 2.10. The zero-order valence-electron chi connectivity index (χ0n) is 8.31. The van der Waals surface area contributed by atoms with Gasteiger partial charge in [-0.2, -0.15) is 0 Å². The molecular weight excluding hydrogens is 192 g/mol. The van der Waals surface area contributed by atoms with Crippen molar-refractivity contribution in [2.75, 3.05) is 6.61 Å². The van der Waals surface area contributed by atoms with Crippen molar-refractivity contribution in [3.63, 3.8) is 0 Å². The van der Waals surface area contributed by atoms with Crippen LogP contribution in [-0.2, 0) is 4.74 Å². The standard InChI is InChI=1S/C10H12N4O/c1-2-4-15-8(3-1)10-13-7-5-11-6-12-9(7)14-10/h5-6,8H,1-4H2,(H,11,12,13,14). The van der Waals surface area contributed by atoms with Gasteiger partial charge in [0.1, 0.15) is 23.8 Å². The van der Waals surface area contributed by atoms with Gasteiger partial charge in [-0.15, -0.1) is 0 Å². The van der Waals surface area contributed by atoms with Crippen LogP contribution in [0.3, 0.4) is 0 Å². The number of fused-ring (bicyclic) bond motifs is 1. The third-order valence-corrected chi connectivity index (χ3v) is 2.66. The number of hydrogen-bond acceptors (Lipinski definition) is 4. The van der Waals surface area contributed by atoms with E-state index in [0.717, 1.165) is 36.4 Å². The highest BCUT2D eigenvalue weighted by molar-refractivity contribution is 5.68. The van der Waals surface area contributed by atoms with Crippen LogP contribution in [0.5, 0.6) is 0 Å². The Labute approximate surface area is 86.9 Å². The lowest BCUT2D eigenvalue weighted by Gasteiger charge is -2.20. The molecule has 2 aromatic rings. The monoisotopic (exact) mass is 204 g/mol. The molecule has 0 aromatic carbocycles. The van der Waals surface area contributed by atoms with Gasteiger partial charge in [-0.3, -0.25) is 0 Å². The van der Waals surface area contributed by atoms with Gasteiger partial charge < -0.3 is 9.72 Å². The quantitative estimate of drug-likeness (QED) is 0.766. The molecule has 1 N–H and O–H groups in total. The first-order valence-corrected chi connectivity index (χ1v) is 5.21. The maximum atomic E-state index is 5.65. The minimum Gasteiger partial charge on any atom is -0.370 e. The Morgan fingerprint density at radius 1 is 1.40 bits per heavy atom. The lowest BCUT2D eigenvalue weighted by atomic mass is 10.1. The zero-order chi connectivity index (χ0) is 10.1. The number of ether oxygens (including phenoxy) is 1. The van der Waals surface area contributed by atoms with Gasteiger partial charge in [0.2, 0.25) is 0 Å². The SMILES string of the molecule is c1ncc2nc(C3CCCCO3)[nH]c2n1. The normalized spacial score (nSPS) is 22.0. The van der Waals surface area contributed by atoms with Crippen LogP contribution in [0, 0.1) is 0 Å². The molecule has 2 aromatic heterocycles. The summed E-state index contributed by atoms with van der Waals surface area (Å²) in [5, 5.41) is 0. The van der Waals surface area contributed by atoms with E-state index in [9.17, 15) is 0 Å². The highest BCUT2D eigenvalue weighted by Gasteiger charge is 2.19. The first-order chi connectivity index (χ1) is 7.43. The van der Waals surface area contributed by atoms with Gasteiger partial charge in [-0.05, 0) is 19.3 Å². The molecule has 15 heavy (non-hydrogen) atoms. The number of aromatic nitrogens is 4.